The summed E-state index contributed by atoms with van der Waals surface area (Å²) >= 11 is 0. The summed E-state index contributed by atoms with van der Waals surface area (Å²) < 4.78 is 6.49. The third-order valence-corrected chi connectivity index (χ3v) is 2.71. The summed E-state index contributed by atoms with van der Waals surface area (Å²) in [7, 11) is 3.20. The molecule has 0 aliphatic rings. The molecule has 4 heteroatoms. The molecule has 1 rings (SSSR count). The van der Waals surface area contributed by atoms with E-state index in [0.717, 1.165) is 12.1 Å². The van der Waals surface area contributed by atoms with E-state index >= 15 is 0 Å². The van der Waals surface area contributed by atoms with Gasteiger partial charge in [-0.3, -0.25) is 0 Å². The predicted molar refractivity (Wildman–Crippen MR) is 61.3 cm³/mol. The fraction of sp³-hybridized carbons (Fsp3) is 0.583. The van der Waals surface area contributed by atoms with Gasteiger partial charge in [-0.25, -0.2) is 4.79 Å². The van der Waals surface area contributed by atoms with Crippen LogP contribution in [-0.4, -0.2) is 29.4 Å². The molecule has 0 fully saturated rings. The lowest BCUT2D eigenvalue weighted by atomic mass is 9.89. The number of carbonyl (C=O) groups excluding carboxylic acids is 1. The first kappa shape index (κ1) is 12.8. The van der Waals surface area contributed by atoms with Crippen LogP contribution in [0.25, 0.3) is 0 Å². The highest BCUT2D eigenvalue weighted by Gasteiger charge is 2.21. The van der Waals surface area contributed by atoms with Gasteiger partial charge in [0.1, 0.15) is 5.69 Å². The van der Waals surface area contributed by atoms with Crippen LogP contribution in [0.15, 0.2) is 12.1 Å². The molecule has 1 heterocycles. The van der Waals surface area contributed by atoms with Gasteiger partial charge in [-0.15, -0.1) is 0 Å². The number of nitrogens with zero attached hydrogens (tertiary/aromatic N) is 1. The van der Waals surface area contributed by atoms with E-state index in [9.17, 15) is 9.90 Å². The first-order valence-corrected chi connectivity index (χ1v) is 5.25. The number of esters is 1. The molecule has 0 amide bonds. The van der Waals surface area contributed by atoms with Crippen molar-refractivity contribution >= 4 is 5.97 Å². The van der Waals surface area contributed by atoms with Gasteiger partial charge >= 0.3 is 5.97 Å². The lowest BCUT2D eigenvalue weighted by Gasteiger charge is -2.21. The molecule has 1 aromatic heterocycles. The maximum atomic E-state index is 11.4. The molecule has 0 aliphatic carbocycles. The molecule has 4 nitrogen and oxygen atoms in total. The highest BCUT2D eigenvalue weighted by atomic mass is 16.5. The standard InChI is InChI=1S/C12H19NO3/c1-12(2,8-14)7-9-5-6-10(13(9)3)11(15)16-4/h5-6,14H,7-8H2,1-4H3. The number of aromatic nitrogens is 1. The Morgan fingerprint density at radius 1 is 1.50 bits per heavy atom. The molecule has 0 radical (unpaired) electrons. The summed E-state index contributed by atoms with van der Waals surface area (Å²) in [6, 6.07) is 3.64. The molecule has 0 atom stereocenters. The molecule has 0 spiro atoms. The van der Waals surface area contributed by atoms with Crippen molar-refractivity contribution in [3.8, 4) is 0 Å². The monoisotopic (exact) mass is 225 g/mol. The number of methoxy groups -OCH3 is 1. The number of rotatable bonds is 4. The minimum atomic E-state index is -0.337. The van der Waals surface area contributed by atoms with Crippen molar-refractivity contribution in [3.63, 3.8) is 0 Å². The third-order valence-electron chi connectivity index (χ3n) is 2.71. The summed E-state index contributed by atoms with van der Waals surface area (Å²) in [6.45, 7) is 4.08. The van der Waals surface area contributed by atoms with Crippen molar-refractivity contribution in [2.24, 2.45) is 12.5 Å². The second kappa shape index (κ2) is 4.70. The highest BCUT2D eigenvalue weighted by molar-refractivity contribution is 5.87. The molecule has 0 aromatic carbocycles. The Hall–Kier alpha value is -1.29. The highest BCUT2D eigenvalue weighted by Crippen LogP contribution is 2.22. The summed E-state index contributed by atoms with van der Waals surface area (Å²) in [5.41, 5.74) is 1.37. The van der Waals surface area contributed by atoms with Crippen LogP contribution in [0.1, 0.15) is 30.0 Å². The van der Waals surface area contributed by atoms with Gasteiger partial charge in [-0.05, 0) is 24.0 Å². The number of hydrogen-bond acceptors (Lipinski definition) is 3. The molecule has 1 aromatic rings. The Labute approximate surface area is 95.8 Å². The number of hydrogen-bond donors (Lipinski definition) is 1. The third kappa shape index (κ3) is 2.64. The fourth-order valence-electron chi connectivity index (χ4n) is 1.59. The molecule has 16 heavy (non-hydrogen) atoms. The number of aliphatic hydroxyl groups excluding tert-OH is 1. The largest absolute Gasteiger partial charge is 0.464 e. The van der Waals surface area contributed by atoms with Crippen LogP contribution >= 0.6 is 0 Å². The number of aliphatic hydroxyl groups is 1. The maximum absolute atomic E-state index is 11.4. The van der Waals surface area contributed by atoms with Gasteiger partial charge < -0.3 is 14.4 Å². The quantitative estimate of drug-likeness (QED) is 0.787. The zero-order valence-electron chi connectivity index (χ0n) is 10.3. The second-order valence-corrected chi connectivity index (χ2v) is 4.76. The SMILES string of the molecule is COC(=O)c1ccc(CC(C)(C)CO)n1C. The minimum absolute atomic E-state index is 0.117. The van der Waals surface area contributed by atoms with E-state index < -0.39 is 0 Å². The lowest BCUT2D eigenvalue weighted by molar-refractivity contribution is 0.0589. The van der Waals surface area contributed by atoms with Crippen molar-refractivity contribution < 1.29 is 14.6 Å². The Balaban J connectivity index is 2.92. The molecule has 0 saturated heterocycles. The van der Waals surface area contributed by atoms with Crippen LogP contribution in [0, 0.1) is 5.41 Å². The molecule has 0 aliphatic heterocycles. The first-order valence-electron chi connectivity index (χ1n) is 5.25. The number of ether oxygens (including phenoxy) is 1. The Morgan fingerprint density at radius 3 is 2.62 bits per heavy atom. The van der Waals surface area contributed by atoms with Crippen molar-refractivity contribution in [2.45, 2.75) is 20.3 Å². The normalized spacial score (nSPS) is 11.6. The lowest BCUT2D eigenvalue weighted by Crippen LogP contribution is -2.21. The zero-order valence-corrected chi connectivity index (χ0v) is 10.3. The van der Waals surface area contributed by atoms with E-state index in [-0.39, 0.29) is 18.0 Å². The van der Waals surface area contributed by atoms with Crippen LogP contribution in [0.3, 0.4) is 0 Å². The van der Waals surface area contributed by atoms with Crippen LogP contribution in [0.4, 0.5) is 0 Å². The molecular weight excluding hydrogens is 206 g/mol. The van der Waals surface area contributed by atoms with Crippen molar-refractivity contribution in [1.29, 1.82) is 0 Å². The summed E-state index contributed by atoms with van der Waals surface area (Å²) in [6.07, 6.45) is 0.719. The van der Waals surface area contributed by atoms with Gasteiger partial charge in [0.15, 0.2) is 0 Å². The second-order valence-electron chi connectivity index (χ2n) is 4.76. The van der Waals surface area contributed by atoms with E-state index in [4.69, 9.17) is 0 Å². The van der Waals surface area contributed by atoms with E-state index in [2.05, 4.69) is 4.74 Å². The van der Waals surface area contributed by atoms with Crippen molar-refractivity contribution in [3.05, 3.63) is 23.5 Å². The van der Waals surface area contributed by atoms with Crippen LogP contribution in [-0.2, 0) is 18.2 Å². The Bertz CT molecular complexity index is 380. The van der Waals surface area contributed by atoms with Gasteiger partial charge in [0.2, 0.25) is 0 Å². The van der Waals surface area contributed by atoms with Gasteiger partial charge in [0.05, 0.1) is 7.11 Å². The van der Waals surface area contributed by atoms with Gasteiger partial charge in [0.25, 0.3) is 0 Å². The van der Waals surface area contributed by atoms with Crippen LogP contribution < -0.4 is 0 Å². The van der Waals surface area contributed by atoms with Crippen LogP contribution in [0.5, 0.6) is 0 Å². The maximum Gasteiger partial charge on any atom is 0.354 e. The van der Waals surface area contributed by atoms with Crippen LogP contribution in [0.2, 0.25) is 0 Å². The van der Waals surface area contributed by atoms with Crippen molar-refractivity contribution in [2.75, 3.05) is 13.7 Å². The van der Waals surface area contributed by atoms with E-state index in [1.807, 2.05) is 31.5 Å². The minimum Gasteiger partial charge on any atom is -0.464 e. The fourth-order valence-corrected chi connectivity index (χ4v) is 1.59. The summed E-state index contributed by atoms with van der Waals surface area (Å²) in [4.78, 5) is 11.4. The molecule has 0 saturated carbocycles. The van der Waals surface area contributed by atoms with E-state index in [1.54, 1.807) is 6.07 Å². The van der Waals surface area contributed by atoms with Gasteiger partial charge in [-0.1, -0.05) is 13.8 Å². The van der Waals surface area contributed by atoms with Crippen molar-refractivity contribution in [1.82, 2.24) is 4.57 Å². The zero-order chi connectivity index (χ0) is 12.3. The first-order chi connectivity index (χ1) is 7.41. The molecule has 90 valence electrons. The molecule has 0 unspecified atom stereocenters. The van der Waals surface area contributed by atoms with Gasteiger partial charge in [0, 0.05) is 19.3 Å². The van der Waals surface area contributed by atoms with E-state index in [0.29, 0.717) is 5.69 Å². The van der Waals surface area contributed by atoms with Gasteiger partial charge in [-0.2, -0.15) is 0 Å². The topological polar surface area (TPSA) is 51.5 Å². The smallest absolute Gasteiger partial charge is 0.354 e. The summed E-state index contributed by atoms with van der Waals surface area (Å²) in [5.74, 6) is -0.337. The average Bonchev–Trinajstić information content (AvgIpc) is 2.59. The Kier molecular flexibility index (Phi) is 3.75. The Morgan fingerprint density at radius 2 is 2.12 bits per heavy atom. The average molecular weight is 225 g/mol. The van der Waals surface area contributed by atoms with E-state index in [1.165, 1.54) is 7.11 Å². The molecule has 0 bridgehead atoms. The molecule has 1 N–H and O–H groups in total. The molecular formula is C12H19NO3. The summed E-state index contributed by atoms with van der Waals surface area (Å²) in [5, 5.41) is 9.21. The predicted octanol–water partition coefficient (Wildman–Crippen LogP) is 1.37. The number of carbonyl (C=O) groups is 1.